The van der Waals surface area contributed by atoms with Crippen LogP contribution in [0.1, 0.15) is 32.1 Å². The van der Waals surface area contributed by atoms with Gasteiger partial charge in [-0.15, -0.1) is 0 Å². The molecule has 1 amide bonds. The van der Waals surface area contributed by atoms with Crippen molar-refractivity contribution < 1.29 is 4.79 Å². The van der Waals surface area contributed by atoms with E-state index in [0.717, 1.165) is 24.3 Å². The zero-order valence-electron chi connectivity index (χ0n) is 10.1. The number of nitrogens with one attached hydrogen (secondary N) is 1. The molecule has 3 heteroatoms. The van der Waals surface area contributed by atoms with Crippen LogP contribution < -0.4 is 5.32 Å². The summed E-state index contributed by atoms with van der Waals surface area (Å²) in [6, 6.07) is 0.567. The van der Waals surface area contributed by atoms with Crippen LogP contribution in [0.5, 0.6) is 0 Å². The Morgan fingerprint density at radius 1 is 1.12 bits per heavy atom. The average Bonchev–Trinajstić information content (AvgIpc) is 2.43. The second kappa shape index (κ2) is 4.02. The van der Waals surface area contributed by atoms with E-state index in [1.807, 2.05) is 7.05 Å². The molecule has 16 heavy (non-hydrogen) atoms. The smallest absolute Gasteiger partial charge is 0.236 e. The Kier molecular flexibility index (Phi) is 2.66. The highest BCUT2D eigenvalue weighted by atomic mass is 16.2. The summed E-state index contributed by atoms with van der Waals surface area (Å²) < 4.78 is 0. The van der Waals surface area contributed by atoms with Gasteiger partial charge in [-0.1, -0.05) is 0 Å². The van der Waals surface area contributed by atoms with Crippen molar-refractivity contribution in [1.29, 1.82) is 0 Å². The van der Waals surface area contributed by atoms with Gasteiger partial charge in [-0.05, 0) is 56.9 Å². The van der Waals surface area contributed by atoms with E-state index in [9.17, 15) is 4.79 Å². The highest BCUT2D eigenvalue weighted by Crippen LogP contribution is 2.47. The minimum Gasteiger partial charge on any atom is -0.338 e. The molecule has 2 unspecified atom stereocenters. The van der Waals surface area contributed by atoms with E-state index in [0.29, 0.717) is 18.5 Å². The average molecular weight is 222 g/mol. The summed E-state index contributed by atoms with van der Waals surface area (Å²) in [7, 11) is 1.86. The van der Waals surface area contributed by atoms with E-state index >= 15 is 0 Å². The van der Waals surface area contributed by atoms with Gasteiger partial charge in [0.25, 0.3) is 0 Å². The molecule has 0 aromatic rings. The van der Waals surface area contributed by atoms with E-state index in [2.05, 4.69) is 10.2 Å². The highest BCUT2D eigenvalue weighted by Gasteiger charge is 2.43. The normalized spacial score (nSPS) is 41.2. The summed E-state index contributed by atoms with van der Waals surface area (Å²) in [5.74, 6) is 2.97. The Hall–Kier alpha value is -0.570. The van der Waals surface area contributed by atoms with Crippen LogP contribution in [-0.4, -0.2) is 37.0 Å². The molecule has 4 aliphatic rings. The van der Waals surface area contributed by atoms with Gasteiger partial charge in [0.1, 0.15) is 0 Å². The molecule has 4 rings (SSSR count). The van der Waals surface area contributed by atoms with Crippen LogP contribution >= 0.6 is 0 Å². The van der Waals surface area contributed by atoms with E-state index < -0.39 is 0 Å². The maximum atomic E-state index is 12.1. The summed E-state index contributed by atoms with van der Waals surface area (Å²) in [6.45, 7) is 1.55. The van der Waals surface area contributed by atoms with Crippen LogP contribution in [0.25, 0.3) is 0 Å². The van der Waals surface area contributed by atoms with Gasteiger partial charge in [0.15, 0.2) is 0 Å². The summed E-state index contributed by atoms with van der Waals surface area (Å²) in [5, 5.41) is 3.00. The van der Waals surface area contributed by atoms with Crippen molar-refractivity contribution in [2.45, 2.75) is 38.1 Å². The van der Waals surface area contributed by atoms with E-state index in [-0.39, 0.29) is 0 Å². The number of carbonyl (C=O) groups is 1. The number of nitrogens with zero attached hydrogens (tertiary/aromatic N) is 1. The molecule has 3 nitrogen and oxygen atoms in total. The number of hydrogen-bond donors (Lipinski definition) is 1. The molecule has 0 aromatic heterocycles. The fourth-order valence-corrected chi connectivity index (χ4v) is 4.34. The summed E-state index contributed by atoms with van der Waals surface area (Å²) in [4.78, 5) is 14.3. The minimum absolute atomic E-state index is 0.320. The quantitative estimate of drug-likeness (QED) is 0.762. The van der Waals surface area contributed by atoms with Gasteiger partial charge >= 0.3 is 0 Å². The van der Waals surface area contributed by atoms with Gasteiger partial charge in [-0.2, -0.15) is 0 Å². The number of likely N-dealkylation sites (N-methyl/N-ethyl adjacent to an activating group) is 1. The van der Waals surface area contributed by atoms with Crippen LogP contribution in [0.4, 0.5) is 0 Å². The Labute approximate surface area is 97.6 Å². The minimum atomic E-state index is 0.320. The summed E-state index contributed by atoms with van der Waals surface area (Å²) in [5.41, 5.74) is 0. The Morgan fingerprint density at radius 2 is 1.75 bits per heavy atom. The lowest BCUT2D eigenvalue weighted by Crippen LogP contribution is -2.45. The van der Waals surface area contributed by atoms with Crippen LogP contribution in [0, 0.1) is 17.8 Å². The Bertz CT molecular complexity index is 278. The number of fused-ring (bicyclic) bond motifs is 1. The third-order valence-corrected chi connectivity index (χ3v) is 4.75. The van der Waals surface area contributed by atoms with Gasteiger partial charge in [0.05, 0.1) is 6.54 Å². The first kappa shape index (κ1) is 10.6. The summed E-state index contributed by atoms with van der Waals surface area (Å²) in [6.07, 6.45) is 6.78. The number of hydrogen-bond acceptors (Lipinski definition) is 2. The number of amides is 1. The van der Waals surface area contributed by atoms with E-state index in [1.165, 1.54) is 32.1 Å². The first-order chi connectivity index (χ1) is 7.76. The molecule has 1 N–H and O–H groups in total. The predicted octanol–water partition coefficient (Wildman–Crippen LogP) is 1.24. The first-order valence-electron chi connectivity index (χ1n) is 6.70. The van der Waals surface area contributed by atoms with Crippen molar-refractivity contribution in [3.63, 3.8) is 0 Å². The Morgan fingerprint density at radius 3 is 2.38 bits per heavy atom. The third-order valence-electron chi connectivity index (χ3n) is 4.75. The second-order valence-corrected chi connectivity index (χ2v) is 6.01. The fraction of sp³-hybridized carbons (Fsp3) is 0.923. The van der Waals surface area contributed by atoms with Crippen molar-refractivity contribution in [2.24, 2.45) is 17.8 Å². The molecule has 4 bridgehead atoms. The Balaban J connectivity index is 1.78. The van der Waals surface area contributed by atoms with E-state index in [4.69, 9.17) is 0 Å². The molecular formula is C13H22N2O. The van der Waals surface area contributed by atoms with Crippen molar-refractivity contribution in [3.8, 4) is 0 Å². The lowest BCUT2D eigenvalue weighted by atomic mass is 9.68. The first-order valence-corrected chi connectivity index (χ1v) is 6.70. The lowest BCUT2D eigenvalue weighted by Gasteiger charge is -2.39. The van der Waals surface area contributed by atoms with Crippen LogP contribution in [-0.2, 0) is 4.79 Å². The molecule has 0 aromatic carbocycles. The maximum absolute atomic E-state index is 12.1. The van der Waals surface area contributed by atoms with Gasteiger partial charge < -0.3 is 10.2 Å². The zero-order chi connectivity index (χ0) is 11.1. The molecule has 2 aliphatic carbocycles. The lowest BCUT2D eigenvalue weighted by molar-refractivity contribution is -0.133. The molecule has 2 heterocycles. The molecule has 2 aliphatic heterocycles. The van der Waals surface area contributed by atoms with Crippen LogP contribution in [0.2, 0.25) is 0 Å². The number of rotatable bonds is 2. The zero-order valence-corrected chi connectivity index (χ0v) is 10.1. The van der Waals surface area contributed by atoms with Gasteiger partial charge in [-0.25, -0.2) is 0 Å². The van der Waals surface area contributed by atoms with Crippen molar-refractivity contribution >= 4 is 5.91 Å². The fourth-order valence-electron chi connectivity index (χ4n) is 4.34. The molecule has 4 fully saturated rings. The van der Waals surface area contributed by atoms with Gasteiger partial charge in [0, 0.05) is 12.6 Å². The van der Waals surface area contributed by atoms with Crippen molar-refractivity contribution in [3.05, 3.63) is 0 Å². The van der Waals surface area contributed by atoms with Crippen LogP contribution in [0.3, 0.4) is 0 Å². The maximum Gasteiger partial charge on any atom is 0.236 e. The molecule has 4 atom stereocenters. The van der Waals surface area contributed by atoms with Crippen molar-refractivity contribution in [2.75, 3.05) is 20.1 Å². The van der Waals surface area contributed by atoms with Gasteiger partial charge in [0.2, 0.25) is 5.91 Å². The third kappa shape index (κ3) is 1.75. The topological polar surface area (TPSA) is 32.3 Å². The SMILES string of the molecule is CNCC(=O)N1CC2C[C@@H]3CC1C[C@H](C2)C3. The molecule has 90 valence electrons. The molecular weight excluding hydrogens is 200 g/mol. The van der Waals surface area contributed by atoms with Crippen molar-refractivity contribution in [1.82, 2.24) is 10.2 Å². The monoisotopic (exact) mass is 222 g/mol. The molecule has 0 spiro atoms. The standard InChI is InChI=1S/C13H22N2O/c1-14-7-13(16)15-8-11-3-9-2-10(4-11)6-12(15)5-9/h9-12,14H,2-8H2,1H3/t9-,10+,11?,12?. The van der Waals surface area contributed by atoms with E-state index in [1.54, 1.807) is 0 Å². The van der Waals surface area contributed by atoms with Gasteiger partial charge in [-0.3, -0.25) is 4.79 Å². The molecule has 2 saturated carbocycles. The molecule has 0 radical (unpaired) electrons. The number of carbonyl (C=O) groups excluding carboxylic acids is 1. The second-order valence-electron chi connectivity index (χ2n) is 6.01. The largest absolute Gasteiger partial charge is 0.338 e. The van der Waals surface area contributed by atoms with Crippen LogP contribution in [0.15, 0.2) is 0 Å². The summed E-state index contributed by atoms with van der Waals surface area (Å²) >= 11 is 0. The predicted molar refractivity (Wildman–Crippen MR) is 63.0 cm³/mol. The molecule has 2 saturated heterocycles. The highest BCUT2D eigenvalue weighted by molar-refractivity contribution is 5.78.